The fourth-order valence-corrected chi connectivity index (χ4v) is 0.653. The Hall–Kier alpha value is -0.770. The standard InChI is InChI=1S/C7H18N4/c1-9-7(8)11(4)6-5-10(2)3/h5-6H2,1-4H3,(H2,8,9). The van der Waals surface area contributed by atoms with Crippen molar-refractivity contribution in [2.45, 2.75) is 0 Å². The molecular weight excluding hydrogens is 140 g/mol. The molecule has 0 saturated carbocycles. The van der Waals surface area contributed by atoms with Gasteiger partial charge in [0.2, 0.25) is 0 Å². The van der Waals surface area contributed by atoms with Crippen LogP contribution in [0.4, 0.5) is 0 Å². The van der Waals surface area contributed by atoms with E-state index < -0.39 is 0 Å². The third kappa shape index (κ3) is 4.61. The number of nitrogens with one attached hydrogen (secondary N) is 2. The predicted octanol–water partition coefficient (Wildman–Crippen LogP) is -0.366. The highest BCUT2D eigenvalue weighted by molar-refractivity contribution is 5.75. The van der Waals surface area contributed by atoms with E-state index in [0.29, 0.717) is 5.96 Å². The Kier molecular flexibility index (Phi) is 4.61. The minimum atomic E-state index is 0.465. The van der Waals surface area contributed by atoms with Gasteiger partial charge in [-0.15, -0.1) is 0 Å². The highest BCUT2D eigenvalue weighted by Gasteiger charge is 2.00. The van der Waals surface area contributed by atoms with Crippen molar-refractivity contribution in [2.75, 3.05) is 41.3 Å². The maximum Gasteiger partial charge on any atom is 0.190 e. The number of nitrogens with zero attached hydrogens (tertiary/aromatic N) is 2. The lowest BCUT2D eigenvalue weighted by molar-refractivity contribution is 0.352. The van der Waals surface area contributed by atoms with Crippen LogP contribution >= 0.6 is 0 Å². The van der Waals surface area contributed by atoms with Crippen molar-refractivity contribution in [3.8, 4) is 0 Å². The van der Waals surface area contributed by atoms with Gasteiger partial charge in [0.05, 0.1) is 0 Å². The number of hydrogen-bond acceptors (Lipinski definition) is 2. The van der Waals surface area contributed by atoms with Gasteiger partial charge in [0.25, 0.3) is 0 Å². The second-order valence-corrected chi connectivity index (χ2v) is 2.82. The molecule has 0 rings (SSSR count). The maximum absolute atomic E-state index is 7.38. The van der Waals surface area contributed by atoms with Gasteiger partial charge in [-0.25, -0.2) is 0 Å². The summed E-state index contributed by atoms with van der Waals surface area (Å²) in [5.74, 6) is 0.465. The Balaban J connectivity index is 3.52. The van der Waals surface area contributed by atoms with Crippen LogP contribution < -0.4 is 5.32 Å². The summed E-state index contributed by atoms with van der Waals surface area (Å²) in [6.45, 7) is 1.85. The number of likely N-dealkylation sites (N-methyl/N-ethyl adjacent to an activating group) is 2. The molecule has 4 heteroatoms. The summed E-state index contributed by atoms with van der Waals surface area (Å²) in [4.78, 5) is 3.97. The van der Waals surface area contributed by atoms with Crippen molar-refractivity contribution in [1.82, 2.24) is 15.1 Å². The molecule has 0 aliphatic heterocycles. The fraction of sp³-hybridized carbons (Fsp3) is 0.857. The molecule has 0 bridgehead atoms. The normalized spacial score (nSPS) is 9.91. The number of rotatable bonds is 3. The Labute approximate surface area is 68.7 Å². The van der Waals surface area contributed by atoms with Gasteiger partial charge in [-0.1, -0.05) is 0 Å². The minimum Gasteiger partial charge on any atom is -0.359 e. The molecular formula is C7H18N4. The second-order valence-electron chi connectivity index (χ2n) is 2.82. The van der Waals surface area contributed by atoms with Gasteiger partial charge < -0.3 is 15.1 Å². The molecule has 4 nitrogen and oxygen atoms in total. The second kappa shape index (κ2) is 4.96. The summed E-state index contributed by atoms with van der Waals surface area (Å²) in [5, 5.41) is 10.2. The molecule has 0 fully saturated rings. The van der Waals surface area contributed by atoms with Crippen LogP contribution in [0.15, 0.2) is 0 Å². The van der Waals surface area contributed by atoms with E-state index >= 15 is 0 Å². The van der Waals surface area contributed by atoms with Crippen LogP contribution in [0.1, 0.15) is 0 Å². The molecule has 0 amide bonds. The van der Waals surface area contributed by atoms with E-state index in [0.717, 1.165) is 13.1 Å². The van der Waals surface area contributed by atoms with Gasteiger partial charge in [0, 0.05) is 27.2 Å². The molecule has 0 aromatic carbocycles. The third-order valence-electron chi connectivity index (χ3n) is 1.50. The zero-order valence-corrected chi connectivity index (χ0v) is 7.81. The molecule has 11 heavy (non-hydrogen) atoms. The van der Waals surface area contributed by atoms with E-state index in [1.807, 2.05) is 26.0 Å². The first kappa shape index (κ1) is 10.2. The van der Waals surface area contributed by atoms with E-state index in [1.54, 1.807) is 7.05 Å². The first-order valence-corrected chi connectivity index (χ1v) is 3.70. The Morgan fingerprint density at radius 3 is 2.18 bits per heavy atom. The van der Waals surface area contributed by atoms with Crippen LogP contribution in [0.2, 0.25) is 0 Å². The van der Waals surface area contributed by atoms with Gasteiger partial charge in [-0.2, -0.15) is 0 Å². The number of guanidine groups is 1. The molecule has 66 valence electrons. The first-order valence-electron chi connectivity index (χ1n) is 3.70. The van der Waals surface area contributed by atoms with Gasteiger partial charge in [0.1, 0.15) is 0 Å². The van der Waals surface area contributed by atoms with Crippen LogP contribution in [0.3, 0.4) is 0 Å². The van der Waals surface area contributed by atoms with Crippen LogP contribution in [-0.2, 0) is 0 Å². The lowest BCUT2D eigenvalue weighted by atomic mass is 10.5. The van der Waals surface area contributed by atoms with Crippen molar-refractivity contribution in [3.63, 3.8) is 0 Å². The lowest BCUT2D eigenvalue weighted by Crippen LogP contribution is -2.39. The molecule has 0 aliphatic carbocycles. The van der Waals surface area contributed by atoms with Crippen LogP contribution in [0.25, 0.3) is 0 Å². The van der Waals surface area contributed by atoms with E-state index in [9.17, 15) is 0 Å². The topological polar surface area (TPSA) is 42.4 Å². The summed E-state index contributed by atoms with van der Waals surface area (Å²) < 4.78 is 0. The van der Waals surface area contributed by atoms with E-state index in [1.165, 1.54) is 0 Å². The Morgan fingerprint density at radius 2 is 1.82 bits per heavy atom. The van der Waals surface area contributed by atoms with E-state index in [2.05, 4.69) is 10.2 Å². The zero-order chi connectivity index (χ0) is 8.85. The Bertz CT molecular complexity index is 122. The molecule has 2 N–H and O–H groups in total. The van der Waals surface area contributed by atoms with Crippen LogP contribution in [-0.4, -0.2) is 57.0 Å². The Morgan fingerprint density at radius 1 is 1.27 bits per heavy atom. The predicted molar refractivity (Wildman–Crippen MR) is 48.0 cm³/mol. The quantitative estimate of drug-likeness (QED) is 0.435. The SMILES string of the molecule is CNC(=N)N(C)CCN(C)C. The molecule has 0 saturated heterocycles. The number of hydrogen-bond donors (Lipinski definition) is 2. The average Bonchev–Trinajstić information content (AvgIpc) is 1.98. The molecule has 0 aromatic rings. The lowest BCUT2D eigenvalue weighted by Gasteiger charge is -2.21. The van der Waals surface area contributed by atoms with Crippen LogP contribution in [0, 0.1) is 5.41 Å². The largest absolute Gasteiger partial charge is 0.359 e. The third-order valence-corrected chi connectivity index (χ3v) is 1.50. The molecule has 0 unspecified atom stereocenters. The van der Waals surface area contributed by atoms with Gasteiger partial charge in [-0.3, -0.25) is 5.41 Å². The average molecular weight is 158 g/mol. The van der Waals surface area contributed by atoms with Crippen molar-refractivity contribution in [2.24, 2.45) is 0 Å². The summed E-state index contributed by atoms with van der Waals surface area (Å²) in [6.07, 6.45) is 0. The van der Waals surface area contributed by atoms with E-state index in [4.69, 9.17) is 5.41 Å². The summed E-state index contributed by atoms with van der Waals surface area (Å²) in [6, 6.07) is 0. The van der Waals surface area contributed by atoms with Gasteiger partial charge >= 0.3 is 0 Å². The molecule has 0 heterocycles. The van der Waals surface area contributed by atoms with Crippen molar-refractivity contribution in [3.05, 3.63) is 0 Å². The van der Waals surface area contributed by atoms with Gasteiger partial charge in [-0.05, 0) is 14.1 Å². The molecule has 0 aliphatic rings. The monoisotopic (exact) mass is 158 g/mol. The fourth-order valence-electron chi connectivity index (χ4n) is 0.653. The summed E-state index contributed by atoms with van der Waals surface area (Å²) in [7, 11) is 7.71. The molecule has 0 aromatic heterocycles. The molecule has 0 spiro atoms. The zero-order valence-electron chi connectivity index (χ0n) is 7.81. The van der Waals surface area contributed by atoms with Crippen molar-refractivity contribution < 1.29 is 0 Å². The summed E-state index contributed by atoms with van der Waals surface area (Å²) >= 11 is 0. The van der Waals surface area contributed by atoms with Gasteiger partial charge in [0.15, 0.2) is 5.96 Å². The molecule has 0 radical (unpaired) electrons. The molecule has 0 atom stereocenters. The highest BCUT2D eigenvalue weighted by atomic mass is 15.3. The summed E-state index contributed by atoms with van der Waals surface area (Å²) in [5.41, 5.74) is 0. The smallest absolute Gasteiger partial charge is 0.190 e. The highest BCUT2D eigenvalue weighted by Crippen LogP contribution is 1.82. The van der Waals surface area contributed by atoms with E-state index in [-0.39, 0.29) is 0 Å². The maximum atomic E-state index is 7.38. The van der Waals surface area contributed by atoms with Crippen molar-refractivity contribution in [1.29, 1.82) is 5.41 Å². The minimum absolute atomic E-state index is 0.465. The van der Waals surface area contributed by atoms with Crippen LogP contribution in [0.5, 0.6) is 0 Å². The first-order chi connectivity index (χ1) is 5.07. The van der Waals surface area contributed by atoms with Crippen molar-refractivity contribution >= 4 is 5.96 Å².